The van der Waals surface area contributed by atoms with Gasteiger partial charge in [0.1, 0.15) is 5.01 Å². The highest BCUT2D eigenvalue weighted by Gasteiger charge is 2.15. The standard InChI is InChI=1S/C13H15BrN2S/c1-8(2)12(15)13-16-11(7-17-13)9-4-3-5-10(14)6-9/h3-8,12H,15H2,1-2H3. The molecule has 0 saturated carbocycles. The lowest BCUT2D eigenvalue weighted by atomic mass is 10.1. The van der Waals surface area contributed by atoms with Crippen LogP contribution < -0.4 is 5.73 Å². The van der Waals surface area contributed by atoms with Crippen LogP contribution in [0.2, 0.25) is 0 Å². The van der Waals surface area contributed by atoms with Crippen LogP contribution in [0.25, 0.3) is 11.3 Å². The average Bonchev–Trinajstić information content (AvgIpc) is 2.77. The first-order valence-corrected chi connectivity index (χ1v) is 7.22. The number of aromatic nitrogens is 1. The minimum absolute atomic E-state index is 0.0286. The minimum atomic E-state index is 0.0286. The highest BCUT2D eigenvalue weighted by Crippen LogP contribution is 2.28. The average molecular weight is 311 g/mol. The Labute approximate surface area is 114 Å². The highest BCUT2D eigenvalue weighted by atomic mass is 79.9. The van der Waals surface area contributed by atoms with Crippen LogP contribution in [0.3, 0.4) is 0 Å². The third-order valence-corrected chi connectivity index (χ3v) is 4.09. The van der Waals surface area contributed by atoms with Crippen molar-refractivity contribution in [1.29, 1.82) is 0 Å². The van der Waals surface area contributed by atoms with Gasteiger partial charge >= 0.3 is 0 Å². The molecule has 1 atom stereocenters. The molecule has 0 aliphatic carbocycles. The summed E-state index contributed by atoms with van der Waals surface area (Å²) in [6, 6.07) is 8.18. The summed E-state index contributed by atoms with van der Waals surface area (Å²) in [6.45, 7) is 4.23. The van der Waals surface area contributed by atoms with Gasteiger partial charge in [0, 0.05) is 15.4 Å². The number of thiazole rings is 1. The Bertz CT molecular complexity index is 508. The van der Waals surface area contributed by atoms with Gasteiger partial charge in [-0.1, -0.05) is 41.9 Å². The topological polar surface area (TPSA) is 38.9 Å². The molecule has 0 aliphatic heterocycles. The molecular formula is C13H15BrN2S. The zero-order chi connectivity index (χ0) is 12.4. The predicted molar refractivity (Wildman–Crippen MR) is 77.0 cm³/mol. The van der Waals surface area contributed by atoms with E-state index in [1.807, 2.05) is 12.1 Å². The number of nitrogens with two attached hydrogens (primary N) is 1. The van der Waals surface area contributed by atoms with E-state index in [0.717, 1.165) is 20.7 Å². The van der Waals surface area contributed by atoms with Crippen molar-refractivity contribution >= 4 is 27.3 Å². The van der Waals surface area contributed by atoms with E-state index in [-0.39, 0.29) is 6.04 Å². The molecule has 0 fully saturated rings. The van der Waals surface area contributed by atoms with Crippen LogP contribution in [0, 0.1) is 5.92 Å². The fourth-order valence-electron chi connectivity index (χ4n) is 1.51. The van der Waals surface area contributed by atoms with Crippen LogP contribution in [-0.2, 0) is 0 Å². The first-order valence-electron chi connectivity index (χ1n) is 5.55. The summed E-state index contributed by atoms with van der Waals surface area (Å²) in [5.74, 6) is 0.413. The fourth-order valence-corrected chi connectivity index (χ4v) is 2.91. The van der Waals surface area contributed by atoms with Crippen molar-refractivity contribution in [1.82, 2.24) is 4.98 Å². The summed E-state index contributed by atoms with van der Waals surface area (Å²) >= 11 is 5.10. The second kappa shape index (κ2) is 5.29. The normalized spacial score (nSPS) is 13.0. The van der Waals surface area contributed by atoms with E-state index in [0.29, 0.717) is 5.92 Å². The predicted octanol–water partition coefficient (Wildman–Crippen LogP) is 4.23. The molecule has 0 amide bonds. The summed E-state index contributed by atoms with van der Waals surface area (Å²) in [5.41, 5.74) is 8.22. The largest absolute Gasteiger partial charge is 0.322 e. The summed E-state index contributed by atoms with van der Waals surface area (Å²) in [6.07, 6.45) is 0. The zero-order valence-corrected chi connectivity index (χ0v) is 12.3. The molecule has 2 rings (SSSR count). The summed E-state index contributed by atoms with van der Waals surface area (Å²) < 4.78 is 1.07. The van der Waals surface area contributed by atoms with Crippen molar-refractivity contribution < 1.29 is 0 Å². The molecule has 0 saturated heterocycles. The van der Waals surface area contributed by atoms with Crippen LogP contribution in [0.15, 0.2) is 34.1 Å². The van der Waals surface area contributed by atoms with Crippen molar-refractivity contribution in [3.8, 4) is 11.3 Å². The van der Waals surface area contributed by atoms with Gasteiger partial charge in [0.2, 0.25) is 0 Å². The van der Waals surface area contributed by atoms with Gasteiger partial charge in [-0.3, -0.25) is 0 Å². The van der Waals surface area contributed by atoms with Crippen LogP contribution in [0.4, 0.5) is 0 Å². The van der Waals surface area contributed by atoms with Crippen LogP contribution >= 0.6 is 27.3 Å². The van der Waals surface area contributed by atoms with Crippen molar-refractivity contribution in [3.63, 3.8) is 0 Å². The van der Waals surface area contributed by atoms with Crippen molar-refractivity contribution in [3.05, 3.63) is 39.1 Å². The monoisotopic (exact) mass is 310 g/mol. The molecule has 0 bridgehead atoms. The van der Waals surface area contributed by atoms with Crippen molar-refractivity contribution in [2.45, 2.75) is 19.9 Å². The lowest BCUT2D eigenvalue weighted by Crippen LogP contribution is -2.16. The van der Waals surface area contributed by atoms with E-state index < -0.39 is 0 Å². The summed E-state index contributed by atoms with van der Waals surface area (Å²) in [4.78, 5) is 4.62. The van der Waals surface area contributed by atoms with Gasteiger partial charge in [-0.25, -0.2) is 4.98 Å². The quantitative estimate of drug-likeness (QED) is 0.921. The number of hydrogen-bond donors (Lipinski definition) is 1. The maximum absolute atomic E-state index is 6.10. The number of nitrogens with zero attached hydrogens (tertiary/aromatic N) is 1. The van der Waals surface area contributed by atoms with E-state index in [4.69, 9.17) is 5.73 Å². The van der Waals surface area contributed by atoms with Gasteiger partial charge in [0.15, 0.2) is 0 Å². The molecule has 1 heterocycles. The molecule has 1 aromatic carbocycles. The fraction of sp³-hybridized carbons (Fsp3) is 0.308. The van der Waals surface area contributed by atoms with Crippen molar-refractivity contribution in [2.75, 3.05) is 0 Å². The number of benzene rings is 1. The molecule has 4 heteroatoms. The molecule has 0 spiro atoms. The second-order valence-electron chi connectivity index (χ2n) is 4.35. The maximum Gasteiger partial charge on any atom is 0.110 e. The lowest BCUT2D eigenvalue weighted by molar-refractivity contribution is 0.512. The molecule has 0 aliphatic rings. The molecule has 2 N–H and O–H groups in total. The Kier molecular flexibility index (Phi) is 3.97. The van der Waals surface area contributed by atoms with E-state index in [2.05, 4.69) is 52.3 Å². The third kappa shape index (κ3) is 2.94. The number of hydrogen-bond acceptors (Lipinski definition) is 3. The molecule has 2 nitrogen and oxygen atoms in total. The van der Waals surface area contributed by atoms with E-state index >= 15 is 0 Å². The van der Waals surface area contributed by atoms with Crippen LogP contribution in [0.5, 0.6) is 0 Å². The van der Waals surface area contributed by atoms with Crippen LogP contribution in [0.1, 0.15) is 24.9 Å². The second-order valence-corrected chi connectivity index (χ2v) is 6.16. The Morgan fingerprint density at radius 2 is 2.12 bits per heavy atom. The molecule has 1 unspecified atom stereocenters. The van der Waals surface area contributed by atoms with Gasteiger partial charge in [0.25, 0.3) is 0 Å². The minimum Gasteiger partial charge on any atom is -0.322 e. The van der Waals surface area contributed by atoms with Crippen molar-refractivity contribution in [2.24, 2.45) is 11.7 Å². The van der Waals surface area contributed by atoms with E-state index in [1.165, 1.54) is 0 Å². The third-order valence-electron chi connectivity index (χ3n) is 2.65. The molecule has 0 radical (unpaired) electrons. The number of rotatable bonds is 3. The summed E-state index contributed by atoms with van der Waals surface area (Å²) in [7, 11) is 0. The van der Waals surface area contributed by atoms with Crippen LogP contribution in [-0.4, -0.2) is 4.98 Å². The maximum atomic E-state index is 6.10. The highest BCUT2D eigenvalue weighted by molar-refractivity contribution is 9.10. The first-order chi connectivity index (χ1) is 8.08. The first kappa shape index (κ1) is 12.7. The van der Waals surface area contributed by atoms with Gasteiger partial charge in [-0.2, -0.15) is 0 Å². The van der Waals surface area contributed by atoms with Gasteiger partial charge in [-0.15, -0.1) is 11.3 Å². The smallest absolute Gasteiger partial charge is 0.110 e. The SMILES string of the molecule is CC(C)C(N)c1nc(-c2cccc(Br)c2)cs1. The molecule has 17 heavy (non-hydrogen) atoms. The lowest BCUT2D eigenvalue weighted by Gasteiger charge is -2.11. The van der Waals surface area contributed by atoms with Gasteiger partial charge in [0.05, 0.1) is 11.7 Å². The molecule has 2 aromatic rings. The molecule has 90 valence electrons. The van der Waals surface area contributed by atoms with Gasteiger partial charge < -0.3 is 5.73 Å². The Balaban J connectivity index is 2.30. The molecular weight excluding hydrogens is 296 g/mol. The zero-order valence-electron chi connectivity index (χ0n) is 9.85. The number of halogens is 1. The Hall–Kier alpha value is -0.710. The molecule has 1 aromatic heterocycles. The van der Waals surface area contributed by atoms with E-state index in [1.54, 1.807) is 11.3 Å². The van der Waals surface area contributed by atoms with E-state index in [9.17, 15) is 0 Å². The summed E-state index contributed by atoms with van der Waals surface area (Å²) in [5, 5.41) is 3.08. The van der Waals surface area contributed by atoms with Gasteiger partial charge in [-0.05, 0) is 18.1 Å². The Morgan fingerprint density at radius 1 is 1.35 bits per heavy atom. The Morgan fingerprint density at radius 3 is 2.76 bits per heavy atom.